The Morgan fingerprint density at radius 2 is 2.29 bits per heavy atom. The Morgan fingerprint density at radius 1 is 1.35 bits per heavy atom. The van der Waals surface area contributed by atoms with Gasteiger partial charge in [0.05, 0.1) is 0 Å². The summed E-state index contributed by atoms with van der Waals surface area (Å²) in [7, 11) is 0. The average Bonchev–Trinajstić information content (AvgIpc) is 2.82. The van der Waals surface area contributed by atoms with Crippen LogP contribution in [-0.4, -0.2) is 11.5 Å². The van der Waals surface area contributed by atoms with Gasteiger partial charge in [0, 0.05) is 23.8 Å². The average molecular weight is 247 g/mol. The number of thiazole rings is 1. The van der Waals surface area contributed by atoms with Crippen molar-refractivity contribution in [2.75, 3.05) is 12.3 Å². The number of nitrogens with two attached hydrogens (primary N) is 1. The maximum absolute atomic E-state index is 5.73. The number of aryl methyl sites for hydroxylation is 1. The van der Waals surface area contributed by atoms with E-state index >= 15 is 0 Å². The zero-order valence-corrected chi connectivity index (χ0v) is 10.5. The van der Waals surface area contributed by atoms with Gasteiger partial charge in [-0.15, -0.1) is 11.3 Å². The molecule has 2 rings (SSSR count). The molecule has 0 bridgehead atoms. The Morgan fingerprint density at radius 3 is 3.06 bits per heavy atom. The summed E-state index contributed by atoms with van der Waals surface area (Å²) in [6.07, 6.45) is 4.03. The van der Waals surface area contributed by atoms with E-state index in [9.17, 15) is 0 Å². The molecule has 0 saturated heterocycles. The predicted molar refractivity (Wildman–Crippen MR) is 73.0 cm³/mol. The number of aromatic nitrogens is 1. The molecule has 0 aliphatic rings. The standard InChI is InChI=1S/C13H17N3S/c14-12-5-1-3-11(9-12)4-2-6-15-10-13-16-7-8-17-13/h1,3,5,7-9,15H,2,4,6,10,14H2. The van der Waals surface area contributed by atoms with Crippen molar-refractivity contribution in [1.82, 2.24) is 10.3 Å². The highest BCUT2D eigenvalue weighted by molar-refractivity contribution is 7.09. The van der Waals surface area contributed by atoms with E-state index < -0.39 is 0 Å². The largest absolute Gasteiger partial charge is 0.399 e. The Labute approximate surface area is 106 Å². The zero-order chi connectivity index (χ0) is 11.9. The molecule has 0 amide bonds. The maximum atomic E-state index is 5.73. The lowest BCUT2D eigenvalue weighted by atomic mass is 10.1. The third-order valence-electron chi connectivity index (χ3n) is 2.53. The van der Waals surface area contributed by atoms with E-state index in [-0.39, 0.29) is 0 Å². The van der Waals surface area contributed by atoms with Crippen LogP contribution in [0.4, 0.5) is 5.69 Å². The van der Waals surface area contributed by atoms with Crippen molar-refractivity contribution in [2.45, 2.75) is 19.4 Å². The summed E-state index contributed by atoms with van der Waals surface area (Å²) in [4.78, 5) is 4.22. The van der Waals surface area contributed by atoms with Crippen LogP contribution in [-0.2, 0) is 13.0 Å². The zero-order valence-electron chi connectivity index (χ0n) is 9.73. The van der Waals surface area contributed by atoms with E-state index in [1.165, 1.54) is 5.56 Å². The molecule has 0 spiro atoms. The van der Waals surface area contributed by atoms with Gasteiger partial charge in [0.2, 0.25) is 0 Å². The topological polar surface area (TPSA) is 50.9 Å². The molecule has 0 aliphatic carbocycles. The monoisotopic (exact) mass is 247 g/mol. The third kappa shape index (κ3) is 4.17. The lowest BCUT2D eigenvalue weighted by molar-refractivity contribution is 0.647. The summed E-state index contributed by atoms with van der Waals surface area (Å²) in [5.74, 6) is 0. The number of nitrogens with zero attached hydrogens (tertiary/aromatic N) is 1. The van der Waals surface area contributed by atoms with Crippen LogP contribution in [0.5, 0.6) is 0 Å². The first-order valence-electron chi connectivity index (χ1n) is 5.78. The number of hydrogen-bond donors (Lipinski definition) is 2. The van der Waals surface area contributed by atoms with Crippen LogP contribution >= 0.6 is 11.3 Å². The van der Waals surface area contributed by atoms with Crippen LogP contribution in [0.25, 0.3) is 0 Å². The van der Waals surface area contributed by atoms with Crippen LogP contribution in [0.1, 0.15) is 17.0 Å². The number of benzene rings is 1. The van der Waals surface area contributed by atoms with Gasteiger partial charge in [0.1, 0.15) is 5.01 Å². The fourth-order valence-corrected chi connectivity index (χ4v) is 2.29. The Bertz CT molecular complexity index is 440. The van der Waals surface area contributed by atoms with Gasteiger partial charge in [0.15, 0.2) is 0 Å². The first-order chi connectivity index (χ1) is 8.34. The number of nitrogens with one attached hydrogen (secondary N) is 1. The minimum Gasteiger partial charge on any atom is -0.399 e. The van der Waals surface area contributed by atoms with E-state index in [2.05, 4.69) is 16.4 Å². The SMILES string of the molecule is Nc1cccc(CCCNCc2nccs2)c1. The first-order valence-corrected chi connectivity index (χ1v) is 6.66. The molecular weight excluding hydrogens is 230 g/mol. The lowest BCUT2D eigenvalue weighted by Gasteiger charge is -2.04. The van der Waals surface area contributed by atoms with Gasteiger partial charge < -0.3 is 11.1 Å². The van der Waals surface area contributed by atoms with Gasteiger partial charge in [-0.05, 0) is 37.1 Å². The molecule has 2 aromatic rings. The molecule has 3 nitrogen and oxygen atoms in total. The minimum atomic E-state index is 0.846. The molecule has 0 saturated carbocycles. The molecule has 0 atom stereocenters. The van der Waals surface area contributed by atoms with Crippen LogP contribution in [0, 0.1) is 0 Å². The van der Waals surface area contributed by atoms with Crippen LogP contribution in [0.3, 0.4) is 0 Å². The van der Waals surface area contributed by atoms with E-state index in [4.69, 9.17) is 5.73 Å². The number of rotatable bonds is 6. The van der Waals surface area contributed by atoms with Crippen molar-refractivity contribution in [3.05, 3.63) is 46.4 Å². The Hall–Kier alpha value is -1.39. The predicted octanol–water partition coefficient (Wildman–Crippen LogP) is 2.45. The van der Waals surface area contributed by atoms with Crippen LogP contribution in [0.15, 0.2) is 35.8 Å². The summed E-state index contributed by atoms with van der Waals surface area (Å²) in [5.41, 5.74) is 7.88. The van der Waals surface area contributed by atoms with Gasteiger partial charge >= 0.3 is 0 Å². The summed E-state index contributed by atoms with van der Waals surface area (Å²) >= 11 is 1.69. The second-order valence-electron chi connectivity index (χ2n) is 3.95. The van der Waals surface area contributed by atoms with Gasteiger partial charge in [-0.2, -0.15) is 0 Å². The smallest absolute Gasteiger partial charge is 0.106 e. The van der Waals surface area contributed by atoms with Crippen molar-refractivity contribution >= 4 is 17.0 Å². The second-order valence-corrected chi connectivity index (χ2v) is 4.93. The molecule has 90 valence electrons. The summed E-state index contributed by atoms with van der Waals surface area (Å²) in [5, 5.41) is 6.54. The van der Waals surface area contributed by atoms with Gasteiger partial charge in [-0.1, -0.05) is 12.1 Å². The van der Waals surface area contributed by atoms with Crippen molar-refractivity contribution in [3.63, 3.8) is 0 Å². The molecule has 1 heterocycles. The molecule has 0 aliphatic heterocycles. The minimum absolute atomic E-state index is 0.846. The van der Waals surface area contributed by atoms with Crippen molar-refractivity contribution in [1.29, 1.82) is 0 Å². The summed E-state index contributed by atoms with van der Waals surface area (Å²) < 4.78 is 0. The van der Waals surface area contributed by atoms with Gasteiger partial charge in [-0.3, -0.25) is 0 Å². The molecule has 1 aromatic heterocycles. The second kappa shape index (κ2) is 6.37. The Balaban J connectivity index is 1.63. The number of hydrogen-bond acceptors (Lipinski definition) is 4. The highest BCUT2D eigenvalue weighted by atomic mass is 32.1. The molecule has 0 fully saturated rings. The fraction of sp³-hybridized carbons (Fsp3) is 0.308. The number of anilines is 1. The maximum Gasteiger partial charge on any atom is 0.106 e. The van der Waals surface area contributed by atoms with Crippen LogP contribution < -0.4 is 11.1 Å². The van der Waals surface area contributed by atoms with Crippen molar-refractivity contribution in [2.24, 2.45) is 0 Å². The fourth-order valence-electron chi connectivity index (χ4n) is 1.70. The summed E-state index contributed by atoms with van der Waals surface area (Å²) in [6, 6.07) is 8.09. The highest BCUT2D eigenvalue weighted by Crippen LogP contribution is 2.08. The third-order valence-corrected chi connectivity index (χ3v) is 3.31. The first kappa shape index (κ1) is 12.1. The quantitative estimate of drug-likeness (QED) is 0.609. The van der Waals surface area contributed by atoms with E-state index in [0.29, 0.717) is 0 Å². The van der Waals surface area contributed by atoms with Gasteiger partial charge in [-0.25, -0.2) is 4.98 Å². The van der Waals surface area contributed by atoms with E-state index in [1.54, 1.807) is 11.3 Å². The van der Waals surface area contributed by atoms with E-state index in [1.807, 2.05) is 29.8 Å². The molecule has 0 radical (unpaired) electrons. The van der Waals surface area contributed by atoms with Gasteiger partial charge in [0.25, 0.3) is 0 Å². The lowest BCUT2D eigenvalue weighted by Crippen LogP contribution is -2.15. The molecule has 17 heavy (non-hydrogen) atoms. The molecule has 3 N–H and O–H groups in total. The normalized spacial score (nSPS) is 10.6. The highest BCUT2D eigenvalue weighted by Gasteiger charge is 1.96. The Kier molecular flexibility index (Phi) is 4.53. The molecule has 1 aromatic carbocycles. The van der Waals surface area contributed by atoms with Crippen molar-refractivity contribution < 1.29 is 0 Å². The molecule has 4 heteroatoms. The molecular formula is C13H17N3S. The van der Waals surface area contributed by atoms with Crippen LogP contribution in [0.2, 0.25) is 0 Å². The van der Waals surface area contributed by atoms with Crippen molar-refractivity contribution in [3.8, 4) is 0 Å². The van der Waals surface area contributed by atoms with E-state index in [0.717, 1.165) is 36.6 Å². The molecule has 0 unspecified atom stereocenters. The number of nitrogen functional groups attached to an aromatic ring is 1. The summed E-state index contributed by atoms with van der Waals surface area (Å²) in [6.45, 7) is 1.88.